The van der Waals surface area contributed by atoms with Gasteiger partial charge in [-0.3, -0.25) is 19.9 Å². The number of pyridine rings is 2. The maximum atomic E-state index is 5.61. The minimum Gasteiger partial charge on any atom is -0.489 e. The molecule has 372 valence electrons. The first-order chi connectivity index (χ1) is 34.8. The van der Waals surface area contributed by atoms with Crippen LogP contribution in [0.4, 0.5) is 0 Å². The van der Waals surface area contributed by atoms with Crippen molar-refractivity contribution in [2.24, 2.45) is 10.8 Å². The van der Waals surface area contributed by atoms with Crippen LogP contribution < -0.4 is 0 Å². The summed E-state index contributed by atoms with van der Waals surface area (Å²) in [6, 6.07) is 65.0. The van der Waals surface area contributed by atoms with E-state index in [1.165, 1.54) is 10.8 Å². The fourth-order valence-corrected chi connectivity index (χ4v) is 11.3. The molecular formula is C64H54N6O2Pt2. The molecule has 0 N–H and O–H groups in total. The molecule has 0 atom stereocenters. The standard InChI is InChI=1S/C35H33N3O.C29H21N3O.2Pt/c1-33(2,3)35(34(4,5)6,31-16-9-10-19-36-31)25-12-11-13-26(23-25)38-29-15-8-7-14-27(29)28-18-17-24(22-30(28)38)32-37-20-21-39-32;1-29(2,27-12-5-6-15-30-27)21-8-7-9-22(19-21)32-25-11-4-3-10-23(25)24-14-13-20(18-26(24)32)28-31-16-17-33-28;;/h7-21H,1-6H3;3-17H,1-2H3;;/q2*-2;2*+2. The van der Waals surface area contributed by atoms with E-state index >= 15 is 0 Å². The largest absolute Gasteiger partial charge is 2.00 e. The summed E-state index contributed by atoms with van der Waals surface area (Å²) in [7, 11) is 0. The normalized spacial score (nSPS) is 12.1. The number of hydrogen-bond donors (Lipinski definition) is 0. The molecule has 8 nitrogen and oxygen atoms in total. The van der Waals surface area contributed by atoms with Gasteiger partial charge in [0.1, 0.15) is 11.8 Å². The molecule has 0 fully saturated rings. The van der Waals surface area contributed by atoms with E-state index in [0.717, 1.165) is 77.9 Å². The molecule has 0 aliphatic carbocycles. The summed E-state index contributed by atoms with van der Waals surface area (Å²) in [5.74, 6) is 1.11. The molecule has 0 saturated heterocycles. The zero-order valence-corrected chi connectivity index (χ0v) is 47.0. The Hall–Kier alpha value is -6.98. The Morgan fingerprint density at radius 3 is 1.28 bits per heavy atom. The fraction of sp³-hybridized carbons (Fsp3) is 0.188. The van der Waals surface area contributed by atoms with Crippen molar-refractivity contribution < 1.29 is 51.0 Å². The van der Waals surface area contributed by atoms with Gasteiger partial charge in [0, 0.05) is 45.6 Å². The van der Waals surface area contributed by atoms with E-state index in [2.05, 4.69) is 219 Å². The molecule has 0 aliphatic rings. The molecule has 6 heterocycles. The maximum absolute atomic E-state index is 5.61. The monoisotopic (exact) mass is 1330 g/mol. The molecule has 0 amide bonds. The first-order valence-corrected chi connectivity index (χ1v) is 24.4. The molecule has 6 aromatic carbocycles. The van der Waals surface area contributed by atoms with E-state index in [9.17, 15) is 0 Å². The van der Waals surface area contributed by atoms with Gasteiger partial charge in [-0.2, -0.15) is 36.4 Å². The SMILES string of the molecule is CC(C)(C)C(c1[c-]c(-n2c3[c-]c(-c4ncco4)ccc3c3ccccc32)ccc1)(c1ccccn1)C(C)(C)C.CC(C)(c1[c-]c(-n2c3[c-]c(-c4ncco4)ccc3c3ccccc32)ccc1)c1ccccn1.[Pt+2].[Pt+2]. The minimum absolute atomic E-state index is 0. The quantitative estimate of drug-likeness (QED) is 0.141. The third-order valence-corrected chi connectivity index (χ3v) is 14.2. The Bertz CT molecular complexity index is 3850. The summed E-state index contributed by atoms with van der Waals surface area (Å²) in [5, 5.41) is 4.60. The van der Waals surface area contributed by atoms with Crippen LogP contribution in [0.2, 0.25) is 0 Å². The molecule has 6 aromatic heterocycles. The van der Waals surface area contributed by atoms with Gasteiger partial charge in [0.2, 0.25) is 0 Å². The molecule has 12 rings (SSSR count). The van der Waals surface area contributed by atoms with Crippen molar-refractivity contribution in [2.45, 2.75) is 66.2 Å². The second-order valence-corrected chi connectivity index (χ2v) is 20.9. The summed E-state index contributed by atoms with van der Waals surface area (Å²) < 4.78 is 15.6. The topological polar surface area (TPSA) is 87.7 Å². The van der Waals surface area contributed by atoms with E-state index in [-0.39, 0.29) is 58.4 Å². The molecule has 0 spiro atoms. The van der Waals surface area contributed by atoms with E-state index in [1.54, 1.807) is 24.9 Å². The van der Waals surface area contributed by atoms with Crippen molar-refractivity contribution >= 4 is 43.6 Å². The van der Waals surface area contributed by atoms with Gasteiger partial charge in [-0.05, 0) is 69.0 Å². The van der Waals surface area contributed by atoms with Crippen LogP contribution in [0.25, 0.3) is 77.9 Å². The minimum atomic E-state index is -0.414. The van der Waals surface area contributed by atoms with Gasteiger partial charge in [0.05, 0.1) is 24.9 Å². The summed E-state index contributed by atoms with van der Waals surface area (Å²) in [6.45, 7) is 18.2. The van der Waals surface area contributed by atoms with Gasteiger partial charge < -0.3 is 18.0 Å². The zero-order valence-electron chi connectivity index (χ0n) is 42.5. The van der Waals surface area contributed by atoms with Crippen LogP contribution in [0.1, 0.15) is 77.9 Å². The number of rotatable bonds is 8. The van der Waals surface area contributed by atoms with Crippen molar-refractivity contribution in [2.75, 3.05) is 0 Å². The van der Waals surface area contributed by atoms with Crippen molar-refractivity contribution in [3.05, 3.63) is 230 Å². The number of para-hydroxylation sites is 2. The Morgan fingerprint density at radius 2 is 0.838 bits per heavy atom. The van der Waals surface area contributed by atoms with Gasteiger partial charge in [-0.15, -0.1) is 59.7 Å². The third-order valence-electron chi connectivity index (χ3n) is 14.2. The second kappa shape index (κ2) is 20.4. The van der Waals surface area contributed by atoms with Crippen LogP contribution in [-0.4, -0.2) is 29.1 Å². The van der Waals surface area contributed by atoms with E-state index in [4.69, 9.17) is 13.8 Å². The van der Waals surface area contributed by atoms with Crippen LogP contribution in [0.15, 0.2) is 192 Å². The summed E-state index contributed by atoms with van der Waals surface area (Å²) in [6.07, 6.45) is 10.2. The number of aromatic nitrogens is 6. The molecular weight excluding hydrogens is 1270 g/mol. The van der Waals surface area contributed by atoms with E-state index < -0.39 is 5.41 Å². The Kier molecular flexibility index (Phi) is 14.3. The third kappa shape index (κ3) is 8.90. The zero-order chi connectivity index (χ0) is 49.8. The molecule has 0 radical (unpaired) electrons. The van der Waals surface area contributed by atoms with Gasteiger partial charge in [-0.1, -0.05) is 137 Å². The molecule has 10 heteroatoms. The number of nitrogens with zero attached hydrogens (tertiary/aromatic N) is 6. The summed E-state index contributed by atoms with van der Waals surface area (Å²) in [4.78, 5) is 18.2. The molecule has 12 aromatic rings. The molecule has 0 bridgehead atoms. The van der Waals surface area contributed by atoms with Crippen LogP contribution in [0.3, 0.4) is 0 Å². The predicted molar refractivity (Wildman–Crippen MR) is 288 cm³/mol. The number of benzene rings is 6. The van der Waals surface area contributed by atoms with Crippen molar-refractivity contribution in [1.82, 2.24) is 29.1 Å². The van der Waals surface area contributed by atoms with Crippen LogP contribution in [0, 0.1) is 35.1 Å². The average molecular weight is 1330 g/mol. The Balaban J connectivity index is 0.000000179. The van der Waals surface area contributed by atoms with Crippen LogP contribution in [-0.2, 0) is 53.0 Å². The smallest absolute Gasteiger partial charge is 0.489 e. The second-order valence-electron chi connectivity index (χ2n) is 20.9. The van der Waals surface area contributed by atoms with Gasteiger partial charge in [0.15, 0.2) is 0 Å². The molecule has 0 saturated carbocycles. The average Bonchev–Trinajstić information content (AvgIpc) is 4.23. The van der Waals surface area contributed by atoms with Crippen molar-refractivity contribution in [3.63, 3.8) is 0 Å². The molecule has 0 unspecified atom stereocenters. The van der Waals surface area contributed by atoms with Crippen LogP contribution in [0.5, 0.6) is 0 Å². The number of oxazole rings is 2. The summed E-state index contributed by atoms with van der Waals surface area (Å²) >= 11 is 0. The first-order valence-electron chi connectivity index (χ1n) is 24.4. The predicted octanol–water partition coefficient (Wildman–Crippen LogP) is 15.6. The first kappa shape index (κ1) is 51.9. The maximum Gasteiger partial charge on any atom is 2.00 e. The van der Waals surface area contributed by atoms with Gasteiger partial charge in [0.25, 0.3) is 0 Å². The molecule has 0 aliphatic heterocycles. The van der Waals surface area contributed by atoms with Gasteiger partial charge >= 0.3 is 42.1 Å². The Labute approximate surface area is 461 Å². The van der Waals surface area contributed by atoms with Crippen molar-refractivity contribution in [1.29, 1.82) is 0 Å². The van der Waals surface area contributed by atoms with Crippen molar-refractivity contribution in [3.8, 4) is 34.3 Å². The molecule has 74 heavy (non-hydrogen) atoms. The van der Waals surface area contributed by atoms with Crippen LogP contribution >= 0.6 is 0 Å². The number of hydrogen-bond acceptors (Lipinski definition) is 6. The Morgan fingerprint density at radius 1 is 0.392 bits per heavy atom. The number of fused-ring (bicyclic) bond motifs is 6. The van der Waals surface area contributed by atoms with Gasteiger partial charge in [-0.25, -0.2) is 0 Å². The van der Waals surface area contributed by atoms with E-state index in [0.29, 0.717) is 11.8 Å². The fourth-order valence-electron chi connectivity index (χ4n) is 11.3. The summed E-state index contributed by atoms with van der Waals surface area (Å²) in [5.41, 5.74) is 11.0. The van der Waals surface area contributed by atoms with E-state index in [1.807, 2.05) is 42.7 Å².